The molecule has 1 aliphatic carbocycles. The van der Waals surface area contributed by atoms with Crippen molar-refractivity contribution in [3.8, 4) is 28.3 Å². The quantitative estimate of drug-likeness (QED) is 0.279. The van der Waals surface area contributed by atoms with Crippen LogP contribution in [-0.2, 0) is 17.8 Å². The third kappa shape index (κ3) is 5.23. The monoisotopic (exact) mass is 498 g/mol. The van der Waals surface area contributed by atoms with Gasteiger partial charge in [0, 0.05) is 30.3 Å². The van der Waals surface area contributed by atoms with E-state index in [4.69, 9.17) is 14.5 Å². The summed E-state index contributed by atoms with van der Waals surface area (Å²) in [5.74, 6) is 3.25. The summed E-state index contributed by atoms with van der Waals surface area (Å²) >= 11 is 0. The second-order valence-corrected chi connectivity index (χ2v) is 9.91. The Balaban J connectivity index is 1.29. The van der Waals surface area contributed by atoms with Crippen LogP contribution in [0.3, 0.4) is 0 Å². The molecule has 1 atom stereocenters. The molecule has 0 unspecified atom stereocenters. The molecule has 2 aromatic heterocycles. The third-order valence-electron chi connectivity index (χ3n) is 7.21. The molecule has 3 heterocycles. The summed E-state index contributed by atoms with van der Waals surface area (Å²) in [6.07, 6.45) is 6.27. The number of pyridine rings is 1. The van der Waals surface area contributed by atoms with Crippen LogP contribution < -0.4 is 10.1 Å². The zero-order valence-corrected chi connectivity index (χ0v) is 21.0. The normalized spacial score (nSPS) is 16.5. The Morgan fingerprint density at radius 3 is 2.57 bits per heavy atom. The van der Waals surface area contributed by atoms with E-state index in [1.807, 2.05) is 36.5 Å². The van der Waals surface area contributed by atoms with Gasteiger partial charge < -0.3 is 19.4 Å². The highest BCUT2D eigenvalue weighted by atomic mass is 19.1. The lowest BCUT2D eigenvalue weighted by Crippen LogP contribution is -2.13. The van der Waals surface area contributed by atoms with Crippen molar-refractivity contribution in [1.82, 2.24) is 14.5 Å². The number of aryl methyl sites for hydroxylation is 1. The number of nitrogens with zero attached hydrogens (tertiary/aromatic N) is 3. The number of methoxy groups -OCH3 is 1. The lowest BCUT2D eigenvalue weighted by Gasteiger charge is -2.18. The Bertz CT molecular complexity index is 1360. The number of hydrogen-bond donors (Lipinski definition) is 1. The molecule has 1 aliphatic heterocycles. The minimum Gasteiger partial charge on any atom is -0.497 e. The number of anilines is 1. The predicted molar refractivity (Wildman–Crippen MR) is 142 cm³/mol. The molecule has 4 aromatic rings. The summed E-state index contributed by atoms with van der Waals surface area (Å²) in [6.45, 7) is 2.08. The summed E-state index contributed by atoms with van der Waals surface area (Å²) in [7, 11) is 1.67. The fraction of sp³-hybridized carbons (Fsp3) is 0.333. The highest BCUT2D eigenvalue weighted by Crippen LogP contribution is 2.40. The van der Waals surface area contributed by atoms with Crippen LogP contribution in [0.2, 0.25) is 0 Å². The van der Waals surface area contributed by atoms with Gasteiger partial charge in [0.15, 0.2) is 0 Å². The van der Waals surface area contributed by atoms with Crippen molar-refractivity contribution in [2.75, 3.05) is 25.6 Å². The van der Waals surface area contributed by atoms with E-state index in [0.717, 1.165) is 70.8 Å². The molecular weight excluding hydrogens is 467 g/mol. The van der Waals surface area contributed by atoms with Gasteiger partial charge in [-0.2, -0.15) is 0 Å². The Kier molecular flexibility index (Phi) is 6.62. The van der Waals surface area contributed by atoms with Crippen molar-refractivity contribution in [2.24, 2.45) is 5.92 Å². The number of ether oxygens (including phenoxy) is 2. The van der Waals surface area contributed by atoms with E-state index in [2.05, 4.69) is 20.9 Å². The Hall–Kier alpha value is -3.71. The van der Waals surface area contributed by atoms with E-state index < -0.39 is 0 Å². The summed E-state index contributed by atoms with van der Waals surface area (Å²) in [6, 6.07) is 18.9. The second kappa shape index (κ2) is 10.3. The Morgan fingerprint density at radius 1 is 1.00 bits per heavy atom. The van der Waals surface area contributed by atoms with Crippen molar-refractivity contribution in [3.63, 3.8) is 0 Å². The molecule has 0 bridgehead atoms. The maximum absolute atomic E-state index is 13.7. The van der Waals surface area contributed by atoms with Crippen LogP contribution in [0.15, 0.2) is 66.9 Å². The smallest absolute Gasteiger partial charge is 0.126 e. The average molecular weight is 499 g/mol. The standard InChI is InChI=1S/C30H31FN4O2/c1-36-26-11-4-21(5-12-26)18-37-19-25-10-13-28-34-29(22-6-8-24(31)9-7-22)30(35(25)28)23-14-15-32-27(16-23)33-17-20-2-3-20/h4-9,11-12,14-16,20,25H,2-3,10,13,17-19H2,1H3,(H,32,33)/t25-/m1/s1. The Labute approximate surface area is 216 Å². The fourth-order valence-electron chi connectivity index (χ4n) is 5.00. The van der Waals surface area contributed by atoms with Crippen molar-refractivity contribution in [1.29, 1.82) is 0 Å². The maximum atomic E-state index is 13.7. The van der Waals surface area contributed by atoms with Crippen molar-refractivity contribution >= 4 is 5.82 Å². The molecule has 0 radical (unpaired) electrons. The van der Waals surface area contributed by atoms with E-state index in [1.54, 1.807) is 19.2 Å². The molecule has 6 rings (SSSR count). The molecular formula is C30H31FN4O2. The molecule has 1 saturated carbocycles. The maximum Gasteiger partial charge on any atom is 0.126 e. The molecule has 0 amide bonds. The minimum absolute atomic E-state index is 0.168. The predicted octanol–water partition coefficient (Wildman–Crippen LogP) is 6.29. The van der Waals surface area contributed by atoms with Crippen molar-refractivity contribution in [3.05, 3.63) is 84.1 Å². The number of aromatic nitrogens is 3. The zero-order chi connectivity index (χ0) is 25.2. The van der Waals surface area contributed by atoms with Gasteiger partial charge in [0.25, 0.3) is 0 Å². The molecule has 190 valence electrons. The van der Waals surface area contributed by atoms with Gasteiger partial charge >= 0.3 is 0 Å². The van der Waals surface area contributed by atoms with Crippen LogP contribution >= 0.6 is 0 Å². The minimum atomic E-state index is -0.252. The van der Waals surface area contributed by atoms with E-state index in [9.17, 15) is 4.39 Å². The number of nitrogens with one attached hydrogen (secondary N) is 1. The lowest BCUT2D eigenvalue weighted by molar-refractivity contribution is 0.0925. The van der Waals surface area contributed by atoms with Gasteiger partial charge in [-0.15, -0.1) is 0 Å². The van der Waals surface area contributed by atoms with Gasteiger partial charge in [-0.1, -0.05) is 12.1 Å². The Morgan fingerprint density at radius 2 is 1.81 bits per heavy atom. The van der Waals surface area contributed by atoms with Gasteiger partial charge in [0.2, 0.25) is 0 Å². The topological polar surface area (TPSA) is 61.2 Å². The number of fused-ring (bicyclic) bond motifs is 1. The summed E-state index contributed by atoms with van der Waals surface area (Å²) in [4.78, 5) is 9.59. The molecule has 1 fully saturated rings. The molecule has 6 nitrogen and oxygen atoms in total. The number of rotatable bonds is 10. The van der Waals surface area contributed by atoms with Crippen LogP contribution in [0.25, 0.3) is 22.5 Å². The fourth-order valence-corrected chi connectivity index (χ4v) is 5.00. The first-order valence-corrected chi connectivity index (χ1v) is 13.0. The lowest BCUT2D eigenvalue weighted by atomic mass is 10.0. The number of benzene rings is 2. The SMILES string of the molecule is COc1ccc(COC[C@H]2CCc3nc(-c4ccc(F)cc4)c(-c4ccnc(NCC5CC5)c4)n32)cc1. The van der Waals surface area contributed by atoms with Crippen LogP contribution in [0.5, 0.6) is 5.75 Å². The van der Waals surface area contributed by atoms with Crippen molar-refractivity contribution in [2.45, 2.75) is 38.3 Å². The van der Waals surface area contributed by atoms with Crippen LogP contribution in [0, 0.1) is 11.7 Å². The van der Waals surface area contributed by atoms with E-state index >= 15 is 0 Å². The molecule has 0 spiro atoms. The second-order valence-electron chi connectivity index (χ2n) is 9.91. The highest BCUT2D eigenvalue weighted by Gasteiger charge is 2.30. The summed E-state index contributed by atoms with van der Waals surface area (Å²) < 4.78 is 27.5. The van der Waals surface area contributed by atoms with Crippen LogP contribution in [0.1, 0.15) is 36.7 Å². The largest absolute Gasteiger partial charge is 0.497 e. The molecule has 7 heteroatoms. The van der Waals surface area contributed by atoms with E-state index in [-0.39, 0.29) is 11.9 Å². The molecule has 2 aromatic carbocycles. The van der Waals surface area contributed by atoms with Gasteiger partial charge in [0.1, 0.15) is 23.2 Å². The molecule has 2 aliphatic rings. The van der Waals surface area contributed by atoms with Gasteiger partial charge in [-0.25, -0.2) is 14.4 Å². The van der Waals surface area contributed by atoms with Gasteiger partial charge in [-0.05, 0) is 79.3 Å². The first-order valence-electron chi connectivity index (χ1n) is 13.0. The van der Waals surface area contributed by atoms with Crippen molar-refractivity contribution < 1.29 is 13.9 Å². The highest BCUT2D eigenvalue weighted by molar-refractivity contribution is 5.80. The summed E-state index contributed by atoms with van der Waals surface area (Å²) in [5, 5.41) is 3.49. The zero-order valence-electron chi connectivity index (χ0n) is 21.0. The summed E-state index contributed by atoms with van der Waals surface area (Å²) in [5.41, 5.74) is 4.97. The first-order chi connectivity index (χ1) is 18.2. The molecule has 37 heavy (non-hydrogen) atoms. The van der Waals surface area contributed by atoms with Crippen LogP contribution in [-0.4, -0.2) is 34.8 Å². The van der Waals surface area contributed by atoms with Gasteiger partial charge in [0.05, 0.1) is 37.8 Å². The third-order valence-corrected chi connectivity index (χ3v) is 7.21. The number of halogens is 1. The molecule has 1 N–H and O–H groups in total. The average Bonchev–Trinajstić information content (AvgIpc) is 3.57. The van der Waals surface area contributed by atoms with E-state index in [1.165, 1.54) is 25.0 Å². The number of imidazole rings is 1. The number of hydrogen-bond acceptors (Lipinski definition) is 5. The van der Waals surface area contributed by atoms with E-state index in [0.29, 0.717) is 13.2 Å². The molecule has 0 saturated heterocycles. The van der Waals surface area contributed by atoms with Crippen LogP contribution in [0.4, 0.5) is 10.2 Å². The first kappa shape index (κ1) is 23.7. The van der Waals surface area contributed by atoms with Gasteiger partial charge in [-0.3, -0.25) is 0 Å².